The predicted molar refractivity (Wildman–Crippen MR) is 102 cm³/mol. The summed E-state index contributed by atoms with van der Waals surface area (Å²) >= 11 is 0. The van der Waals surface area contributed by atoms with Gasteiger partial charge >= 0.3 is 12.2 Å². The van der Waals surface area contributed by atoms with E-state index < -0.39 is 31.9 Å². The van der Waals surface area contributed by atoms with Crippen LogP contribution < -0.4 is 10.6 Å². The Morgan fingerprint density at radius 3 is 1.43 bits per heavy atom. The number of carbonyl (C=O) groups excluding carboxylic acids is 2. The molecule has 0 radical (unpaired) electrons. The fourth-order valence-corrected chi connectivity index (χ4v) is 6.47. The van der Waals surface area contributed by atoms with Crippen LogP contribution in [-0.4, -0.2) is 77.3 Å². The number of carbonyl (C=O) groups is 2. The van der Waals surface area contributed by atoms with E-state index in [9.17, 15) is 26.4 Å². The fraction of sp³-hybridized carbons (Fsp3) is 0.875. The average Bonchev–Trinajstić information content (AvgIpc) is 3.10. The maximum Gasteiger partial charge on any atom is 0.407 e. The number of hydrogen-bond acceptors (Lipinski definition) is 8. The fourth-order valence-electron chi connectivity index (χ4n) is 3.12. The largest absolute Gasteiger partial charge is 0.450 e. The van der Waals surface area contributed by atoms with Gasteiger partial charge < -0.3 is 20.1 Å². The molecule has 162 valence electrons. The lowest BCUT2D eigenvalue weighted by molar-refractivity contribution is 0.135. The topological polar surface area (TPSA) is 145 Å². The Morgan fingerprint density at radius 2 is 1.11 bits per heavy atom. The van der Waals surface area contributed by atoms with Crippen molar-refractivity contribution in [1.82, 2.24) is 10.6 Å². The zero-order valence-corrected chi connectivity index (χ0v) is 17.4. The molecule has 28 heavy (non-hydrogen) atoms. The van der Waals surface area contributed by atoms with Crippen molar-refractivity contribution in [3.8, 4) is 0 Å². The molecule has 2 fully saturated rings. The summed E-state index contributed by atoms with van der Waals surface area (Å²) in [4.78, 5) is 23.1. The zero-order chi connectivity index (χ0) is 20.6. The standard InChI is InChI=1S/C16H28N2O8S2/c19-15(17-13-5-9-27(21,22)11-13)25-7-3-1-2-4-8-26-16(20)18-14-6-10-28(23,24)12-14/h13-14H,1-12H2,(H,17,19)(H,18,20). The third-order valence-electron chi connectivity index (χ3n) is 4.61. The van der Waals surface area contributed by atoms with Crippen molar-refractivity contribution in [2.75, 3.05) is 36.2 Å². The molecule has 2 aliphatic rings. The number of nitrogens with one attached hydrogen (secondary N) is 2. The summed E-state index contributed by atoms with van der Waals surface area (Å²) < 4.78 is 55.3. The molecule has 0 spiro atoms. The molecule has 0 bridgehead atoms. The van der Waals surface area contributed by atoms with Crippen LogP contribution in [0.3, 0.4) is 0 Å². The number of alkyl carbamates (subject to hydrolysis) is 2. The minimum Gasteiger partial charge on any atom is -0.450 e. The molecule has 2 N–H and O–H groups in total. The van der Waals surface area contributed by atoms with Gasteiger partial charge in [-0.2, -0.15) is 0 Å². The molecule has 2 unspecified atom stereocenters. The summed E-state index contributed by atoms with van der Waals surface area (Å²) in [7, 11) is -6.07. The molecule has 0 aromatic rings. The lowest BCUT2D eigenvalue weighted by atomic mass is 10.2. The first-order valence-electron chi connectivity index (χ1n) is 9.43. The van der Waals surface area contributed by atoms with Gasteiger partial charge in [0, 0.05) is 12.1 Å². The second-order valence-corrected chi connectivity index (χ2v) is 11.6. The van der Waals surface area contributed by atoms with Gasteiger partial charge in [-0.3, -0.25) is 0 Å². The molecule has 0 aromatic carbocycles. The van der Waals surface area contributed by atoms with E-state index in [-0.39, 0.29) is 48.3 Å². The molecule has 2 amide bonds. The van der Waals surface area contributed by atoms with Crippen LogP contribution in [0.4, 0.5) is 9.59 Å². The van der Waals surface area contributed by atoms with E-state index >= 15 is 0 Å². The zero-order valence-electron chi connectivity index (χ0n) is 15.7. The second kappa shape index (κ2) is 10.3. The van der Waals surface area contributed by atoms with Gasteiger partial charge in [0.15, 0.2) is 19.7 Å². The first-order valence-corrected chi connectivity index (χ1v) is 13.1. The predicted octanol–water partition coefficient (Wildman–Crippen LogP) is 0.373. The van der Waals surface area contributed by atoms with Crippen LogP contribution >= 0.6 is 0 Å². The van der Waals surface area contributed by atoms with Gasteiger partial charge in [-0.25, -0.2) is 26.4 Å². The van der Waals surface area contributed by atoms with Gasteiger partial charge in [-0.1, -0.05) is 0 Å². The summed E-state index contributed by atoms with van der Waals surface area (Å²) in [6, 6.07) is -0.740. The Kier molecular flexibility index (Phi) is 8.35. The smallest absolute Gasteiger partial charge is 0.407 e. The summed E-state index contributed by atoms with van der Waals surface area (Å²) in [6.45, 7) is 0.478. The van der Waals surface area contributed by atoms with E-state index in [1.165, 1.54) is 0 Å². The van der Waals surface area contributed by atoms with Crippen LogP contribution in [0.5, 0.6) is 0 Å². The van der Waals surface area contributed by atoms with Crippen molar-refractivity contribution in [3.63, 3.8) is 0 Å². The quantitative estimate of drug-likeness (QED) is 0.489. The second-order valence-electron chi connectivity index (χ2n) is 7.17. The van der Waals surface area contributed by atoms with Crippen LogP contribution in [-0.2, 0) is 29.1 Å². The summed E-state index contributed by atoms with van der Waals surface area (Å²) in [5.41, 5.74) is 0. The SMILES string of the molecule is O=C(NC1CCS(=O)(=O)C1)OCCCCCCOC(=O)NC1CCS(=O)(=O)C1. The highest BCUT2D eigenvalue weighted by Crippen LogP contribution is 2.12. The molecular formula is C16H28N2O8S2. The number of ether oxygens (including phenoxy) is 2. The number of rotatable bonds is 9. The molecule has 2 atom stereocenters. The molecule has 10 nitrogen and oxygen atoms in total. The number of unbranched alkanes of at least 4 members (excludes halogenated alkanes) is 3. The Bertz CT molecular complexity index is 687. The highest BCUT2D eigenvalue weighted by atomic mass is 32.2. The lowest BCUT2D eigenvalue weighted by Gasteiger charge is -2.12. The Labute approximate surface area is 165 Å². The van der Waals surface area contributed by atoms with Crippen molar-refractivity contribution in [3.05, 3.63) is 0 Å². The van der Waals surface area contributed by atoms with Crippen molar-refractivity contribution in [2.45, 2.75) is 50.6 Å². The van der Waals surface area contributed by atoms with Crippen molar-refractivity contribution >= 4 is 31.9 Å². The van der Waals surface area contributed by atoms with Crippen molar-refractivity contribution in [1.29, 1.82) is 0 Å². The molecule has 2 aliphatic heterocycles. The van der Waals surface area contributed by atoms with E-state index in [1.807, 2.05) is 0 Å². The first-order chi connectivity index (χ1) is 13.2. The van der Waals surface area contributed by atoms with Crippen LogP contribution in [0.1, 0.15) is 38.5 Å². The molecule has 0 aromatic heterocycles. The van der Waals surface area contributed by atoms with Crippen molar-refractivity contribution < 1.29 is 35.9 Å². The first kappa shape index (κ1) is 22.7. The van der Waals surface area contributed by atoms with Gasteiger partial charge in [-0.15, -0.1) is 0 Å². The Morgan fingerprint density at radius 1 is 0.714 bits per heavy atom. The van der Waals surface area contributed by atoms with Gasteiger partial charge in [0.25, 0.3) is 0 Å². The van der Waals surface area contributed by atoms with Crippen LogP contribution in [0, 0.1) is 0 Å². The molecule has 0 saturated carbocycles. The third-order valence-corrected chi connectivity index (χ3v) is 8.15. The van der Waals surface area contributed by atoms with Crippen LogP contribution in [0.15, 0.2) is 0 Å². The molecule has 2 rings (SSSR count). The lowest BCUT2D eigenvalue weighted by Crippen LogP contribution is -2.36. The number of hydrogen-bond donors (Lipinski definition) is 2. The van der Waals surface area contributed by atoms with E-state index in [0.29, 0.717) is 25.7 Å². The van der Waals surface area contributed by atoms with E-state index in [2.05, 4.69) is 10.6 Å². The normalized spacial score (nSPS) is 25.1. The van der Waals surface area contributed by atoms with E-state index in [4.69, 9.17) is 9.47 Å². The number of amides is 2. The van der Waals surface area contributed by atoms with E-state index in [0.717, 1.165) is 12.8 Å². The summed E-state index contributed by atoms with van der Waals surface area (Å²) in [6.07, 6.45) is 2.52. The maximum atomic E-state index is 11.6. The maximum absolute atomic E-state index is 11.6. The van der Waals surface area contributed by atoms with Crippen LogP contribution in [0.25, 0.3) is 0 Å². The summed E-state index contributed by atoms with van der Waals surface area (Å²) in [5, 5.41) is 5.10. The highest BCUT2D eigenvalue weighted by molar-refractivity contribution is 7.91. The van der Waals surface area contributed by atoms with Gasteiger partial charge in [0.1, 0.15) is 0 Å². The Balaban J connectivity index is 1.41. The number of sulfone groups is 2. The highest BCUT2D eigenvalue weighted by Gasteiger charge is 2.30. The minimum atomic E-state index is -3.03. The van der Waals surface area contributed by atoms with Gasteiger partial charge in [0.05, 0.1) is 36.2 Å². The van der Waals surface area contributed by atoms with E-state index in [1.54, 1.807) is 0 Å². The minimum absolute atomic E-state index is 0.0355. The monoisotopic (exact) mass is 440 g/mol. The molecule has 2 heterocycles. The molecule has 2 saturated heterocycles. The molecule has 0 aliphatic carbocycles. The van der Waals surface area contributed by atoms with Crippen LogP contribution in [0.2, 0.25) is 0 Å². The van der Waals surface area contributed by atoms with Gasteiger partial charge in [-0.05, 0) is 38.5 Å². The molecule has 12 heteroatoms. The third kappa shape index (κ3) is 8.63. The molecular weight excluding hydrogens is 412 g/mol. The van der Waals surface area contributed by atoms with Gasteiger partial charge in [0.2, 0.25) is 0 Å². The average molecular weight is 441 g/mol. The Hall–Kier alpha value is -1.56. The summed E-state index contributed by atoms with van der Waals surface area (Å²) in [5.74, 6) is 0.119. The van der Waals surface area contributed by atoms with Crippen molar-refractivity contribution in [2.24, 2.45) is 0 Å².